The molecular formula is C45H71N7O10S. The van der Waals surface area contributed by atoms with E-state index in [1.165, 1.54) is 22.6 Å². The number of carbonyl (C=O) groups is 5. The quantitative estimate of drug-likeness (QED) is 0.0381. The highest BCUT2D eigenvalue weighted by atomic mass is 32.1. The Bertz CT molecular complexity index is 1670. The predicted molar refractivity (Wildman–Crippen MR) is 240 cm³/mol. The molecular weight excluding hydrogens is 831 g/mol. The number of hydrogen-bond acceptors (Lipinski definition) is 14. The molecule has 0 saturated carbocycles. The van der Waals surface area contributed by atoms with Gasteiger partial charge in [-0.15, -0.1) is 11.3 Å². The molecule has 352 valence electrons. The zero-order chi connectivity index (χ0) is 45.8. The first-order valence-corrected chi connectivity index (χ1v) is 23.1. The SMILES string of the molecule is CCCOC(CC(N)C(C)C)c1nc(CNC(Cc2ccc(C)cc2)CC(C)C(=O)NNC(=O)OCCOCCOCCOCCNC(=O)CCCCCN2C(=O)C=CC2=O)cs1. The van der Waals surface area contributed by atoms with Crippen molar-refractivity contribution in [2.24, 2.45) is 17.6 Å². The smallest absolute Gasteiger partial charge is 0.426 e. The van der Waals surface area contributed by atoms with Gasteiger partial charge in [-0.05, 0) is 56.9 Å². The van der Waals surface area contributed by atoms with E-state index in [2.05, 4.69) is 66.5 Å². The van der Waals surface area contributed by atoms with Gasteiger partial charge in [0.15, 0.2) is 0 Å². The molecule has 5 amide bonds. The normalized spacial score (nSPS) is 14.5. The molecule has 2 heterocycles. The maximum atomic E-state index is 13.0. The number of nitrogens with two attached hydrogens (primary N) is 1. The Morgan fingerprint density at radius 3 is 2.17 bits per heavy atom. The molecule has 1 aromatic carbocycles. The van der Waals surface area contributed by atoms with Gasteiger partial charge >= 0.3 is 6.09 Å². The third-order valence-corrected chi connectivity index (χ3v) is 11.2. The fourth-order valence-corrected chi connectivity index (χ4v) is 7.22. The summed E-state index contributed by atoms with van der Waals surface area (Å²) in [6, 6.07) is 8.31. The van der Waals surface area contributed by atoms with Crippen molar-refractivity contribution in [1.82, 2.24) is 31.4 Å². The van der Waals surface area contributed by atoms with Gasteiger partial charge in [0.05, 0.1) is 45.3 Å². The highest BCUT2D eigenvalue weighted by Crippen LogP contribution is 2.28. The largest absolute Gasteiger partial charge is 0.446 e. The molecule has 2 aromatic rings. The average Bonchev–Trinajstić information content (AvgIpc) is 3.87. The van der Waals surface area contributed by atoms with Crippen molar-refractivity contribution in [2.45, 2.75) is 111 Å². The number of imide groups is 1. The van der Waals surface area contributed by atoms with Crippen LogP contribution in [0.4, 0.5) is 4.79 Å². The zero-order valence-electron chi connectivity index (χ0n) is 37.8. The first-order valence-electron chi connectivity index (χ1n) is 22.2. The summed E-state index contributed by atoms with van der Waals surface area (Å²) in [5, 5.41) is 9.38. The summed E-state index contributed by atoms with van der Waals surface area (Å²) in [4.78, 5) is 66.4. The molecule has 0 radical (unpaired) electrons. The van der Waals surface area contributed by atoms with Crippen molar-refractivity contribution in [3.05, 3.63) is 63.6 Å². The molecule has 6 N–H and O–H groups in total. The predicted octanol–water partition coefficient (Wildman–Crippen LogP) is 4.43. The van der Waals surface area contributed by atoms with Crippen LogP contribution >= 0.6 is 11.3 Å². The number of rotatable bonds is 33. The number of hydrogen-bond donors (Lipinski definition) is 5. The topological polar surface area (TPSA) is 222 Å². The molecule has 17 nitrogen and oxygen atoms in total. The van der Waals surface area contributed by atoms with Crippen LogP contribution in [0, 0.1) is 18.8 Å². The van der Waals surface area contributed by atoms with Gasteiger partial charge in [0.25, 0.3) is 11.8 Å². The molecule has 0 spiro atoms. The number of ether oxygens (including phenoxy) is 5. The number of thiazole rings is 1. The molecule has 3 rings (SSSR count). The van der Waals surface area contributed by atoms with Crippen LogP contribution in [0.15, 0.2) is 41.8 Å². The number of unbranched alkanes of at least 4 members (excludes halogenated alkanes) is 2. The first-order chi connectivity index (χ1) is 30.4. The number of nitrogens with one attached hydrogen (secondary N) is 4. The van der Waals surface area contributed by atoms with Crippen LogP contribution in [0.1, 0.15) is 101 Å². The van der Waals surface area contributed by atoms with E-state index < -0.39 is 12.0 Å². The highest BCUT2D eigenvalue weighted by molar-refractivity contribution is 7.09. The van der Waals surface area contributed by atoms with Gasteiger partial charge < -0.3 is 40.1 Å². The Hall–Kier alpha value is -4.30. The van der Waals surface area contributed by atoms with Crippen LogP contribution in [0.25, 0.3) is 0 Å². The Balaban J connectivity index is 1.23. The van der Waals surface area contributed by atoms with E-state index >= 15 is 0 Å². The summed E-state index contributed by atoms with van der Waals surface area (Å²) in [6.45, 7) is 13.9. The van der Waals surface area contributed by atoms with Crippen LogP contribution in [-0.4, -0.2) is 118 Å². The summed E-state index contributed by atoms with van der Waals surface area (Å²) in [5.41, 5.74) is 14.4. The molecule has 0 fully saturated rings. The average molecular weight is 902 g/mol. The van der Waals surface area contributed by atoms with E-state index in [9.17, 15) is 24.0 Å². The van der Waals surface area contributed by atoms with Crippen molar-refractivity contribution in [1.29, 1.82) is 0 Å². The lowest BCUT2D eigenvalue weighted by atomic mass is 9.95. The van der Waals surface area contributed by atoms with Crippen molar-refractivity contribution >= 4 is 41.1 Å². The highest BCUT2D eigenvalue weighted by Gasteiger charge is 2.24. The van der Waals surface area contributed by atoms with E-state index in [1.807, 2.05) is 19.2 Å². The fraction of sp³-hybridized carbons (Fsp3) is 0.644. The Kier molecular flexibility index (Phi) is 25.9. The van der Waals surface area contributed by atoms with Gasteiger partial charge in [0.2, 0.25) is 11.8 Å². The molecule has 0 bridgehead atoms. The molecule has 0 saturated heterocycles. The van der Waals surface area contributed by atoms with Crippen LogP contribution in [0.5, 0.6) is 0 Å². The van der Waals surface area contributed by atoms with Gasteiger partial charge in [-0.3, -0.25) is 29.5 Å². The molecule has 4 atom stereocenters. The third-order valence-electron chi connectivity index (χ3n) is 10.2. The minimum atomic E-state index is -0.795. The number of hydrazine groups is 1. The van der Waals surface area contributed by atoms with Gasteiger partial charge in [0, 0.05) is 68.2 Å². The van der Waals surface area contributed by atoms with Crippen LogP contribution < -0.4 is 27.2 Å². The zero-order valence-corrected chi connectivity index (χ0v) is 38.6. The van der Waals surface area contributed by atoms with Crippen molar-refractivity contribution in [3.8, 4) is 0 Å². The monoisotopic (exact) mass is 901 g/mol. The number of amides is 5. The maximum absolute atomic E-state index is 13.0. The summed E-state index contributed by atoms with van der Waals surface area (Å²) in [5.74, 6) is -1.08. The molecule has 1 aliphatic heterocycles. The summed E-state index contributed by atoms with van der Waals surface area (Å²) in [7, 11) is 0. The van der Waals surface area contributed by atoms with E-state index in [0.717, 1.165) is 29.1 Å². The molecule has 4 unspecified atom stereocenters. The Morgan fingerprint density at radius 2 is 1.51 bits per heavy atom. The van der Waals surface area contributed by atoms with Gasteiger partial charge in [-0.2, -0.15) is 0 Å². The number of aromatic nitrogens is 1. The molecule has 1 aliphatic rings. The van der Waals surface area contributed by atoms with Crippen molar-refractivity contribution in [3.63, 3.8) is 0 Å². The molecule has 0 aliphatic carbocycles. The Labute approximate surface area is 376 Å². The van der Waals surface area contributed by atoms with Gasteiger partial charge in [-0.25, -0.2) is 15.2 Å². The molecule has 63 heavy (non-hydrogen) atoms. The minimum Gasteiger partial charge on any atom is -0.446 e. The molecule has 1 aromatic heterocycles. The Morgan fingerprint density at radius 1 is 0.841 bits per heavy atom. The second kappa shape index (κ2) is 30.7. The maximum Gasteiger partial charge on any atom is 0.426 e. The number of benzene rings is 1. The summed E-state index contributed by atoms with van der Waals surface area (Å²) in [6.07, 6.45) is 6.86. The summed E-state index contributed by atoms with van der Waals surface area (Å²) >= 11 is 1.58. The van der Waals surface area contributed by atoms with Crippen molar-refractivity contribution < 1.29 is 47.7 Å². The second-order valence-corrected chi connectivity index (χ2v) is 16.9. The van der Waals surface area contributed by atoms with E-state index in [4.69, 9.17) is 34.4 Å². The van der Waals surface area contributed by atoms with E-state index in [-0.39, 0.29) is 55.0 Å². The second-order valence-electron chi connectivity index (χ2n) is 16.0. The lowest BCUT2D eigenvalue weighted by Gasteiger charge is -2.23. The van der Waals surface area contributed by atoms with Crippen LogP contribution in [0.2, 0.25) is 0 Å². The number of carbonyl (C=O) groups excluding carboxylic acids is 5. The van der Waals surface area contributed by atoms with Crippen molar-refractivity contribution in [2.75, 3.05) is 65.9 Å². The minimum absolute atomic E-state index is 0.0101. The fourth-order valence-electron chi connectivity index (χ4n) is 6.34. The summed E-state index contributed by atoms with van der Waals surface area (Å²) < 4.78 is 27.7. The van der Waals surface area contributed by atoms with Gasteiger partial charge in [-0.1, -0.05) is 63.9 Å². The standard InChI is InChI=1S/C45H71N7O10S/c1-6-19-61-39(29-38(46)32(2)3)44-49-37(31-63-44)30-48-36(28-35-13-11-33(4)12-14-35)27-34(5)43(56)50-51-45(57)62-26-25-60-24-23-59-22-21-58-20-17-47-40(53)10-8-7-9-18-52-41(54)15-16-42(52)55/h11-16,31-32,34,36,38-39,48H,6-10,17-30,46H2,1-5H3,(H,47,53)(H,50,56)(H,51,57). The van der Waals surface area contributed by atoms with Crippen LogP contribution in [-0.2, 0) is 55.8 Å². The van der Waals surface area contributed by atoms with E-state index in [0.29, 0.717) is 104 Å². The lowest BCUT2D eigenvalue weighted by Crippen LogP contribution is -2.46. The lowest BCUT2D eigenvalue weighted by molar-refractivity contribution is -0.137. The third kappa shape index (κ3) is 22.2. The van der Waals surface area contributed by atoms with Gasteiger partial charge in [0.1, 0.15) is 17.7 Å². The molecule has 18 heteroatoms. The van der Waals surface area contributed by atoms with E-state index in [1.54, 1.807) is 11.3 Å². The first kappa shape index (κ1) is 53.0. The number of aryl methyl sites for hydroxylation is 1. The number of nitrogens with zero attached hydrogens (tertiary/aromatic N) is 2. The van der Waals surface area contributed by atoms with Crippen LogP contribution in [0.3, 0.4) is 0 Å².